The predicted molar refractivity (Wildman–Crippen MR) is 63.2 cm³/mol. The molecule has 1 saturated heterocycles. The maximum atomic E-state index is 2.40. The van der Waals surface area contributed by atoms with Gasteiger partial charge in [-0.1, -0.05) is 31.9 Å². The number of allylic oxidation sites excluding steroid dienone is 4. The molecule has 1 heterocycles. The molecular weight excluding hydrogens is 170 g/mol. The molecule has 0 spiro atoms. The molecule has 0 amide bonds. The van der Waals surface area contributed by atoms with Gasteiger partial charge < -0.3 is 4.90 Å². The van der Waals surface area contributed by atoms with Crippen LogP contribution in [-0.4, -0.2) is 18.5 Å². The first kappa shape index (κ1) is 11.4. The van der Waals surface area contributed by atoms with E-state index in [-0.39, 0.29) is 0 Å². The number of hydrogen-bond acceptors (Lipinski definition) is 1. The minimum Gasteiger partial charge on any atom is -0.378 e. The van der Waals surface area contributed by atoms with E-state index in [1.807, 2.05) is 0 Å². The Morgan fingerprint density at radius 1 is 1.50 bits per heavy atom. The molecule has 0 radical (unpaired) electrons. The summed E-state index contributed by atoms with van der Waals surface area (Å²) < 4.78 is 0. The second-order valence-electron chi connectivity index (χ2n) is 4.17. The zero-order chi connectivity index (χ0) is 10.4. The van der Waals surface area contributed by atoms with Gasteiger partial charge in [0.25, 0.3) is 0 Å². The first-order valence-electron chi connectivity index (χ1n) is 5.83. The van der Waals surface area contributed by atoms with Crippen molar-refractivity contribution in [2.75, 3.05) is 13.6 Å². The molecule has 1 aliphatic rings. The van der Waals surface area contributed by atoms with Crippen LogP contribution in [0.3, 0.4) is 0 Å². The second kappa shape index (κ2) is 5.90. The van der Waals surface area contributed by atoms with Crippen molar-refractivity contribution in [3.05, 3.63) is 23.9 Å². The van der Waals surface area contributed by atoms with E-state index in [0.717, 1.165) is 5.92 Å². The molecule has 80 valence electrons. The van der Waals surface area contributed by atoms with E-state index in [2.05, 4.69) is 44.0 Å². The summed E-state index contributed by atoms with van der Waals surface area (Å²) in [4.78, 5) is 2.40. The summed E-state index contributed by atoms with van der Waals surface area (Å²) in [6.45, 7) is 5.58. The van der Waals surface area contributed by atoms with Gasteiger partial charge in [0, 0.05) is 25.2 Å². The molecule has 1 unspecified atom stereocenters. The molecular formula is C13H23N. The minimum atomic E-state index is 0.816. The summed E-state index contributed by atoms with van der Waals surface area (Å²) in [6.07, 6.45) is 12.0. The first-order valence-corrected chi connectivity index (χ1v) is 5.83. The molecule has 14 heavy (non-hydrogen) atoms. The monoisotopic (exact) mass is 193 g/mol. The van der Waals surface area contributed by atoms with Crippen molar-refractivity contribution in [1.82, 2.24) is 4.90 Å². The molecule has 1 fully saturated rings. The normalized spacial score (nSPS) is 25.5. The molecule has 1 aliphatic heterocycles. The lowest BCUT2D eigenvalue weighted by Crippen LogP contribution is -2.12. The van der Waals surface area contributed by atoms with Crippen LogP contribution in [0.15, 0.2) is 23.9 Å². The van der Waals surface area contributed by atoms with Crippen LogP contribution in [0.5, 0.6) is 0 Å². The Morgan fingerprint density at radius 3 is 2.93 bits per heavy atom. The van der Waals surface area contributed by atoms with Crippen LogP contribution in [0.1, 0.15) is 39.5 Å². The molecule has 0 aromatic carbocycles. The Balaban J connectivity index is 2.57. The van der Waals surface area contributed by atoms with Gasteiger partial charge in [0.05, 0.1) is 0 Å². The Kier molecular flexibility index (Phi) is 4.78. The van der Waals surface area contributed by atoms with E-state index in [0.29, 0.717) is 0 Å². The lowest BCUT2D eigenvalue weighted by Gasteiger charge is -2.16. The molecule has 0 aromatic rings. The highest BCUT2D eigenvalue weighted by Gasteiger charge is 2.23. The van der Waals surface area contributed by atoms with Crippen molar-refractivity contribution in [1.29, 1.82) is 0 Å². The lowest BCUT2D eigenvalue weighted by atomic mass is 9.98. The summed E-state index contributed by atoms with van der Waals surface area (Å²) in [7, 11) is 2.21. The van der Waals surface area contributed by atoms with Crippen LogP contribution >= 0.6 is 0 Å². The molecule has 1 heteroatoms. The lowest BCUT2D eigenvalue weighted by molar-refractivity contribution is 0.469. The average Bonchev–Trinajstić information content (AvgIpc) is 2.53. The van der Waals surface area contributed by atoms with Gasteiger partial charge in [-0.3, -0.25) is 0 Å². The highest BCUT2D eigenvalue weighted by atomic mass is 15.1. The molecule has 0 aliphatic carbocycles. The third-order valence-corrected chi connectivity index (χ3v) is 3.04. The van der Waals surface area contributed by atoms with Crippen LogP contribution in [-0.2, 0) is 0 Å². The minimum absolute atomic E-state index is 0.816. The van der Waals surface area contributed by atoms with Crippen molar-refractivity contribution >= 4 is 0 Å². The molecule has 1 nitrogen and oxygen atoms in total. The Hall–Kier alpha value is -0.720. The third-order valence-electron chi connectivity index (χ3n) is 3.04. The standard InChI is InChI=1S/C13H23N/c1-4-6-8-12-10-11-14(3)13(12)9-7-5-2/h5,7,9,12H,4,6,8,10-11H2,1-3H3/b7-5-,13-9+. The fraction of sp³-hybridized carbons (Fsp3) is 0.692. The first-order chi connectivity index (χ1) is 6.79. The van der Waals surface area contributed by atoms with Gasteiger partial charge in [0.1, 0.15) is 0 Å². The Labute approximate surface area is 88.5 Å². The quantitative estimate of drug-likeness (QED) is 0.659. The van der Waals surface area contributed by atoms with Crippen molar-refractivity contribution in [3.63, 3.8) is 0 Å². The SMILES string of the molecule is C/C=C\C=C1/C(CCCC)CCN1C. The summed E-state index contributed by atoms with van der Waals surface area (Å²) in [5, 5.41) is 0. The summed E-state index contributed by atoms with van der Waals surface area (Å²) >= 11 is 0. The van der Waals surface area contributed by atoms with E-state index in [1.165, 1.54) is 37.9 Å². The predicted octanol–water partition coefficient (Wildman–Crippen LogP) is 3.59. The van der Waals surface area contributed by atoms with Crippen molar-refractivity contribution in [2.45, 2.75) is 39.5 Å². The van der Waals surface area contributed by atoms with Gasteiger partial charge in [-0.15, -0.1) is 0 Å². The van der Waals surface area contributed by atoms with Crippen LogP contribution in [0.4, 0.5) is 0 Å². The fourth-order valence-electron chi connectivity index (χ4n) is 2.14. The maximum absolute atomic E-state index is 2.40. The van der Waals surface area contributed by atoms with E-state index in [1.54, 1.807) is 0 Å². The third kappa shape index (κ3) is 2.90. The Bertz CT molecular complexity index is 215. The van der Waals surface area contributed by atoms with Gasteiger partial charge >= 0.3 is 0 Å². The van der Waals surface area contributed by atoms with Crippen molar-refractivity contribution in [2.24, 2.45) is 5.92 Å². The summed E-state index contributed by atoms with van der Waals surface area (Å²) in [5.74, 6) is 0.816. The highest BCUT2D eigenvalue weighted by Crippen LogP contribution is 2.30. The van der Waals surface area contributed by atoms with Crippen LogP contribution in [0.2, 0.25) is 0 Å². The Morgan fingerprint density at radius 2 is 2.29 bits per heavy atom. The number of unbranched alkanes of at least 4 members (excludes halogenated alkanes) is 1. The largest absolute Gasteiger partial charge is 0.378 e. The van der Waals surface area contributed by atoms with Gasteiger partial charge in [-0.2, -0.15) is 0 Å². The molecule has 1 atom stereocenters. The van der Waals surface area contributed by atoms with E-state index >= 15 is 0 Å². The van der Waals surface area contributed by atoms with Gasteiger partial charge in [-0.25, -0.2) is 0 Å². The fourth-order valence-corrected chi connectivity index (χ4v) is 2.14. The molecule has 0 N–H and O–H groups in total. The zero-order valence-corrected chi connectivity index (χ0v) is 9.79. The molecule has 0 bridgehead atoms. The summed E-state index contributed by atoms with van der Waals surface area (Å²) in [6, 6.07) is 0. The number of nitrogens with zero attached hydrogens (tertiary/aromatic N) is 1. The summed E-state index contributed by atoms with van der Waals surface area (Å²) in [5.41, 5.74) is 1.54. The van der Waals surface area contributed by atoms with Gasteiger partial charge in [-0.05, 0) is 25.8 Å². The smallest absolute Gasteiger partial charge is 0.0178 e. The van der Waals surface area contributed by atoms with E-state index < -0.39 is 0 Å². The van der Waals surface area contributed by atoms with Crippen molar-refractivity contribution < 1.29 is 0 Å². The molecule has 0 saturated carbocycles. The van der Waals surface area contributed by atoms with Gasteiger partial charge in [0.15, 0.2) is 0 Å². The number of likely N-dealkylation sites (tertiary alicyclic amines) is 1. The van der Waals surface area contributed by atoms with Crippen LogP contribution < -0.4 is 0 Å². The average molecular weight is 193 g/mol. The zero-order valence-electron chi connectivity index (χ0n) is 9.79. The number of hydrogen-bond donors (Lipinski definition) is 0. The maximum Gasteiger partial charge on any atom is 0.0178 e. The molecule has 1 rings (SSSR count). The van der Waals surface area contributed by atoms with E-state index in [9.17, 15) is 0 Å². The van der Waals surface area contributed by atoms with Crippen LogP contribution in [0, 0.1) is 5.92 Å². The highest BCUT2D eigenvalue weighted by molar-refractivity contribution is 5.16. The van der Waals surface area contributed by atoms with Gasteiger partial charge in [0.2, 0.25) is 0 Å². The van der Waals surface area contributed by atoms with Crippen molar-refractivity contribution in [3.8, 4) is 0 Å². The second-order valence-corrected chi connectivity index (χ2v) is 4.17. The molecule has 0 aromatic heterocycles. The number of rotatable bonds is 4. The van der Waals surface area contributed by atoms with E-state index in [4.69, 9.17) is 0 Å². The van der Waals surface area contributed by atoms with Crippen LogP contribution in [0.25, 0.3) is 0 Å². The topological polar surface area (TPSA) is 3.24 Å².